The van der Waals surface area contributed by atoms with E-state index in [0.29, 0.717) is 24.2 Å². The lowest BCUT2D eigenvalue weighted by atomic mass is 9.95. The van der Waals surface area contributed by atoms with Crippen molar-refractivity contribution in [2.24, 2.45) is 7.05 Å². The molecule has 4 rings (SSSR count). The number of nitrogens with zero attached hydrogens (tertiary/aromatic N) is 2. The second kappa shape index (κ2) is 7.80. The van der Waals surface area contributed by atoms with Crippen molar-refractivity contribution in [1.29, 1.82) is 0 Å². The number of carbonyl (C=O) groups excluding carboxylic acids is 1. The summed E-state index contributed by atoms with van der Waals surface area (Å²) in [5, 5.41) is 4.60. The predicted molar refractivity (Wildman–Crippen MR) is 111 cm³/mol. The third-order valence-corrected chi connectivity index (χ3v) is 5.89. The fraction of sp³-hybridized carbons (Fsp3) is 0.455. The number of para-hydroxylation sites is 1. The number of aromatic nitrogens is 2. The Morgan fingerprint density at radius 1 is 1.21 bits per heavy atom. The molecule has 2 heterocycles. The van der Waals surface area contributed by atoms with Crippen LogP contribution in [0.1, 0.15) is 48.5 Å². The number of amides is 1. The lowest BCUT2D eigenvalue weighted by Crippen LogP contribution is -2.32. The van der Waals surface area contributed by atoms with Gasteiger partial charge in [0.15, 0.2) is 0 Å². The molecule has 28 heavy (non-hydrogen) atoms. The lowest BCUT2D eigenvalue weighted by Gasteiger charge is -2.25. The van der Waals surface area contributed by atoms with Crippen LogP contribution in [-0.4, -0.2) is 35.3 Å². The summed E-state index contributed by atoms with van der Waals surface area (Å²) in [7, 11) is 3.52. The van der Waals surface area contributed by atoms with Crippen LogP contribution in [0, 0.1) is 0 Å². The minimum atomic E-state index is -0.164. The average Bonchev–Trinajstić information content (AvgIpc) is 3.03. The number of methoxy groups -OCH3 is 1. The van der Waals surface area contributed by atoms with Crippen molar-refractivity contribution in [2.75, 3.05) is 20.3 Å². The summed E-state index contributed by atoms with van der Waals surface area (Å²) in [6, 6.07) is 8.04. The van der Waals surface area contributed by atoms with E-state index < -0.39 is 0 Å². The fourth-order valence-corrected chi connectivity index (χ4v) is 4.47. The lowest BCUT2D eigenvalue weighted by molar-refractivity contribution is 0.0937. The third-order valence-electron chi connectivity index (χ3n) is 5.89. The number of ether oxygens (including phenoxy) is 1. The number of aryl methyl sites for hydroxylation is 1. The summed E-state index contributed by atoms with van der Waals surface area (Å²) in [6.07, 6.45) is 7.22. The highest BCUT2D eigenvalue weighted by Gasteiger charge is 2.24. The summed E-state index contributed by atoms with van der Waals surface area (Å²) >= 11 is 0. The second-order valence-electron chi connectivity index (χ2n) is 7.60. The number of rotatable bonds is 5. The van der Waals surface area contributed by atoms with Crippen LogP contribution in [0.25, 0.3) is 21.8 Å². The van der Waals surface area contributed by atoms with Gasteiger partial charge in [-0.05, 0) is 18.9 Å². The Hall–Kier alpha value is -2.60. The number of carbonyl (C=O) groups is 1. The molecule has 1 amide bonds. The summed E-state index contributed by atoms with van der Waals surface area (Å²) in [5.41, 5.74) is 2.12. The highest BCUT2D eigenvalue weighted by Crippen LogP contribution is 2.32. The molecule has 0 unspecified atom stereocenters. The van der Waals surface area contributed by atoms with Crippen molar-refractivity contribution in [3.05, 3.63) is 46.4 Å². The topological polar surface area (TPSA) is 65.3 Å². The summed E-state index contributed by atoms with van der Waals surface area (Å²) < 4.78 is 8.79. The monoisotopic (exact) mass is 381 g/mol. The maximum absolute atomic E-state index is 13.4. The Balaban J connectivity index is 1.96. The molecule has 0 aliphatic heterocycles. The van der Waals surface area contributed by atoms with Gasteiger partial charge in [0.2, 0.25) is 0 Å². The molecule has 1 fully saturated rings. The normalized spacial score (nSPS) is 15.4. The summed E-state index contributed by atoms with van der Waals surface area (Å²) in [5.74, 6) is -0.164. The minimum Gasteiger partial charge on any atom is -0.383 e. The molecule has 6 nitrogen and oxygen atoms in total. The zero-order valence-electron chi connectivity index (χ0n) is 16.5. The van der Waals surface area contributed by atoms with Gasteiger partial charge in [-0.25, -0.2) is 0 Å². The standard InChI is InChI=1S/C22H27N3O3/c1-24-18-11-7-6-10-16(18)19-17(21(26)23-12-13-28-2)14-25(22(27)20(19)24)15-8-4-3-5-9-15/h6-7,10-11,14-15H,3-5,8-9,12-13H2,1-2H3,(H,23,26). The predicted octanol–water partition coefficient (Wildman–Crippen LogP) is 3.37. The highest BCUT2D eigenvalue weighted by molar-refractivity contribution is 6.17. The SMILES string of the molecule is COCCNC(=O)c1cn(C2CCCCC2)c(=O)c2c1c1ccccc1n2C. The van der Waals surface area contributed by atoms with E-state index in [1.807, 2.05) is 40.4 Å². The Bertz CT molecular complexity index is 1070. The van der Waals surface area contributed by atoms with Crippen LogP contribution in [-0.2, 0) is 11.8 Å². The maximum atomic E-state index is 13.4. The van der Waals surface area contributed by atoms with Crippen LogP contribution >= 0.6 is 0 Å². The number of hydrogen-bond acceptors (Lipinski definition) is 3. The van der Waals surface area contributed by atoms with Crippen molar-refractivity contribution in [3.8, 4) is 0 Å². The minimum absolute atomic E-state index is 0.00552. The van der Waals surface area contributed by atoms with Gasteiger partial charge in [0.25, 0.3) is 11.5 Å². The first kappa shape index (κ1) is 18.7. The second-order valence-corrected chi connectivity index (χ2v) is 7.60. The third kappa shape index (κ3) is 3.11. The number of hydrogen-bond donors (Lipinski definition) is 1. The van der Waals surface area contributed by atoms with Crippen LogP contribution in [0.15, 0.2) is 35.3 Å². The average molecular weight is 381 g/mol. The van der Waals surface area contributed by atoms with Crippen molar-refractivity contribution < 1.29 is 9.53 Å². The van der Waals surface area contributed by atoms with Gasteiger partial charge in [-0.15, -0.1) is 0 Å². The molecule has 0 spiro atoms. The number of pyridine rings is 1. The number of fused-ring (bicyclic) bond motifs is 3. The van der Waals surface area contributed by atoms with Crippen molar-refractivity contribution in [1.82, 2.24) is 14.5 Å². The first-order valence-electron chi connectivity index (χ1n) is 10.0. The van der Waals surface area contributed by atoms with Gasteiger partial charge in [-0.3, -0.25) is 9.59 Å². The van der Waals surface area contributed by atoms with E-state index in [0.717, 1.165) is 42.0 Å². The number of benzene rings is 1. The van der Waals surface area contributed by atoms with E-state index in [2.05, 4.69) is 5.32 Å². The van der Waals surface area contributed by atoms with Gasteiger partial charge in [0, 0.05) is 49.2 Å². The first-order valence-corrected chi connectivity index (χ1v) is 10.0. The van der Waals surface area contributed by atoms with E-state index in [4.69, 9.17) is 4.74 Å². The Labute approximate surface area is 164 Å². The van der Waals surface area contributed by atoms with Crippen LogP contribution < -0.4 is 10.9 Å². The van der Waals surface area contributed by atoms with E-state index in [9.17, 15) is 9.59 Å². The van der Waals surface area contributed by atoms with Gasteiger partial charge in [0.05, 0.1) is 12.2 Å². The maximum Gasteiger partial charge on any atom is 0.275 e. The van der Waals surface area contributed by atoms with E-state index in [1.165, 1.54) is 6.42 Å². The fourth-order valence-electron chi connectivity index (χ4n) is 4.47. The largest absolute Gasteiger partial charge is 0.383 e. The Morgan fingerprint density at radius 2 is 1.96 bits per heavy atom. The van der Waals surface area contributed by atoms with Gasteiger partial charge in [0.1, 0.15) is 5.52 Å². The molecule has 1 aliphatic carbocycles. The molecule has 1 N–H and O–H groups in total. The molecule has 1 aliphatic rings. The summed E-state index contributed by atoms with van der Waals surface area (Å²) in [4.78, 5) is 26.5. The van der Waals surface area contributed by atoms with E-state index >= 15 is 0 Å². The van der Waals surface area contributed by atoms with E-state index in [1.54, 1.807) is 13.3 Å². The van der Waals surface area contributed by atoms with Crippen molar-refractivity contribution >= 4 is 27.7 Å². The van der Waals surface area contributed by atoms with Gasteiger partial charge >= 0.3 is 0 Å². The molecule has 0 bridgehead atoms. The molecule has 148 valence electrons. The molecule has 3 aromatic rings. The molecule has 0 radical (unpaired) electrons. The van der Waals surface area contributed by atoms with Gasteiger partial charge in [-0.1, -0.05) is 37.5 Å². The quantitative estimate of drug-likeness (QED) is 0.689. The Morgan fingerprint density at radius 3 is 2.71 bits per heavy atom. The molecule has 1 saturated carbocycles. The van der Waals surface area contributed by atoms with Crippen LogP contribution in [0.5, 0.6) is 0 Å². The Kier molecular flexibility index (Phi) is 5.22. The molecular weight excluding hydrogens is 354 g/mol. The smallest absolute Gasteiger partial charge is 0.275 e. The summed E-state index contributed by atoms with van der Waals surface area (Å²) in [6.45, 7) is 0.886. The molecule has 0 atom stereocenters. The van der Waals surface area contributed by atoms with Crippen molar-refractivity contribution in [2.45, 2.75) is 38.1 Å². The first-order chi connectivity index (χ1) is 13.6. The zero-order valence-corrected chi connectivity index (χ0v) is 16.5. The van der Waals surface area contributed by atoms with Gasteiger partial charge in [-0.2, -0.15) is 0 Å². The molecular formula is C22H27N3O3. The molecule has 2 aromatic heterocycles. The van der Waals surface area contributed by atoms with Crippen LogP contribution in [0.4, 0.5) is 0 Å². The zero-order chi connectivity index (χ0) is 19.7. The molecule has 1 aromatic carbocycles. The van der Waals surface area contributed by atoms with Gasteiger partial charge < -0.3 is 19.2 Å². The number of nitrogens with one attached hydrogen (secondary N) is 1. The van der Waals surface area contributed by atoms with Crippen LogP contribution in [0.2, 0.25) is 0 Å². The molecule has 6 heteroatoms. The molecule has 0 saturated heterocycles. The van der Waals surface area contributed by atoms with Crippen LogP contribution in [0.3, 0.4) is 0 Å². The van der Waals surface area contributed by atoms with E-state index in [-0.39, 0.29) is 17.5 Å². The highest BCUT2D eigenvalue weighted by atomic mass is 16.5. The van der Waals surface area contributed by atoms with Crippen molar-refractivity contribution in [3.63, 3.8) is 0 Å².